The third-order valence-corrected chi connectivity index (χ3v) is 4.23. The molecule has 3 nitrogen and oxygen atoms in total. The highest BCUT2D eigenvalue weighted by Gasteiger charge is 2.00. The van der Waals surface area contributed by atoms with Gasteiger partial charge in [0.2, 0.25) is 0 Å². The second-order valence-corrected chi connectivity index (χ2v) is 6.31. The van der Waals surface area contributed by atoms with Gasteiger partial charge in [-0.05, 0) is 42.7 Å². The Kier molecular flexibility index (Phi) is 5.89. The number of aryl methyl sites for hydroxylation is 2. The van der Waals surface area contributed by atoms with E-state index >= 15 is 0 Å². The molecule has 3 heteroatoms. The lowest BCUT2D eigenvalue weighted by molar-refractivity contribution is 0.304. The molecule has 0 aliphatic heterocycles. The van der Waals surface area contributed by atoms with E-state index in [1.165, 1.54) is 36.5 Å². The molecule has 0 fully saturated rings. The van der Waals surface area contributed by atoms with E-state index in [4.69, 9.17) is 9.26 Å². The van der Waals surface area contributed by atoms with Crippen molar-refractivity contribution in [3.8, 4) is 5.75 Å². The van der Waals surface area contributed by atoms with Crippen LogP contribution in [0.2, 0.25) is 0 Å². The topological polar surface area (TPSA) is 35.3 Å². The van der Waals surface area contributed by atoms with Crippen LogP contribution in [0.25, 0.3) is 10.8 Å². The fourth-order valence-electron chi connectivity index (χ4n) is 2.91. The van der Waals surface area contributed by atoms with Crippen molar-refractivity contribution in [2.24, 2.45) is 0 Å². The second kappa shape index (κ2) is 8.53. The largest absolute Gasteiger partial charge is 0.494 e. The first-order chi connectivity index (χ1) is 11.8. The SMILES string of the molecule is Cc1cc(CCCCCCCOc2ccc3ccccc3c2)on1. The summed E-state index contributed by atoms with van der Waals surface area (Å²) in [6.45, 7) is 2.75. The Morgan fingerprint density at radius 1 is 0.875 bits per heavy atom. The number of rotatable bonds is 9. The molecule has 0 saturated carbocycles. The number of hydrogen-bond acceptors (Lipinski definition) is 3. The number of nitrogens with zero attached hydrogens (tertiary/aromatic N) is 1. The molecule has 0 bridgehead atoms. The first-order valence-electron chi connectivity index (χ1n) is 8.85. The fourth-order valence-corrected chi connectivity index (χ4v) is 2.91. The van der Waals surface area contributed by atoms with Crippen molar-refractivity contribution < 1.29 is 9.26 Å². The van der Waals surface area contributed by atoms with E-state index in [2.05, 4.69) is 47.6 Å². The van der Waals surface area contributed by atoms with Crippen LogP contribution >= 0.6 is 0 Å². The quantitative estimate of drug-likeness (QED) is 0.473. The first kappa shape index (κ1) is 16.6. The summed E-state index contributed by atoms with van der Waals surface area (Å²) in [7, 11) is 0. The maximum atomic E-state index is 5.87. The summed E-state index contributed by atoms with van der Waals surface area (Å²) in [5.41, 5.74) is 0.968. The maximum Gasteiger partial charge on any atom is 0.136 e. The fraction of sp³-hybridized carbons (Fsp3) is 0.381. The number of fused-ring (bicyclic) bond motifs is 1. The van der Waals surface area contributed by atoms with Gasteiger partial charge in [-0.1, -0.05) is 54.8 Å². The highest BCUT2D eigenvalue weighted by atomic mass is 16.5. The number of ether oxygens (including phenoxy) is 1. The van der Waals surface area contributed by atoms with E-state index in [1.807, 2.05) is 13.0 Å². The van der Waals surface area contributed by atoms with Crippen LogP contribution in [-0.4, -0.2) is 11.8 Å². The average Bonchev–Trinajstić information content (AvgIpc) is 3.02. The van der Waals surface area contributed by atoms with Crippen molar-refractivity contribution in [3.63, 3.8) is 0 Å². The van der Waals surface area contributed by atoms with Crippen LogP contribution < -0.4 is 4.74 Å². The molecule has 0 aliphatic rings. The summed E-state index contributed by atoms with van der Waals surface area (Å²) in [4.78, 5) is 0. The predicted octanol–water partition coefficient (Wildman–Crippen LogP) is 5.71. The third-order valence-electron chi connectivity index (χ3n) is 4.23. The number of hydrogen-bond donors (Lipinski definition) is 0. The molecule has 1 aromatic heterocycles. The zero-order chi connectivity index (χ0) is 16.6. The van der Waals surface area contributed by atoms with Gasteiger partial charge in [-0.15, -0.1) is 0 Å². The smallest absolute Gasteiger partial charge is 0.136 e. The van der Waals surface area contributed by atoms with Crippen LogP contribution in [-0.2, 0) is 6.42 Å². The van der Waals surface area contributed by atoms with E-state index in [0.717, 1.165) is 36.7 Å². The summed E-state index contributed by atoms with van der Waals surface area (Å²) in [6.07, 6.45) is 6.95. The van der Waals surface area contributed by atoms with Gasteiger partial charge in [-0.2, -0.15) is 0 Å². The minimum Gasteiger partial charge on any atom is -0.494 e. The Morgan fingerprint density at radius 2 is 1.67 bits per heavy atom. The highest BCUT2D eigenvalue weighted by molar-refractivity contribution is 5.83. The predicted molar refractivity (Wildman–Crippen MR) is 97.5 cm³/mol. The Labute approximate surface area is 143 Å². The van der Waals surface area contributed by atoms with E-state index in [-0.39, 0.29) is 0 Å². The van der Waals surface area contributed by atoms with Crippen molar-refractivity contribution in [1.82, 2.24) is 5.16 Å². The van der Waals surface area contributed by atoms with E-state index in [1.54, 1.807) is 0 Å². The van der Waals surface area contributed by atoms with Crippen LogP contribution in [0.4, 0.5) is 0 Å². The maximum absolute atomic E-state index is 5.87. The lowest BCUT2D eigenvalue weighted by Gasteiger charge is -2.07. The zero-order valence-electron chi connectivity index (χ0n) is 14.3. The number of benzene rings is 2. The van der Waals surface area contributed by atoms with E-state index in [9.17, 15) is 0 Å². The highest BCUT2D eigenvalue weighted by Crippen LogP contribution is 2.20. The van der Waals surface area contributed by atoms with Gasteiger partial charge in [0.05, 0.1) is 12.3 Å². The van der Waals surface area contributed by atoms with Crippen LogP contribution in [0.5, 0.6) is 5.75 Å². The van der Waals surface area contributed by atoms with Crippen LogP contribution in [0, 0.1) is 6.92 Å². The molecule has 0 unspecified atom stereocenters. The summed E-state index contributed by atoms with van der Waals surface area (Å²) in [5, 5.41) is 6.40. The Balaban J connectivity index is 1.28. The van der Waals surface area contributed by atoms with Crippen molar-refractivity contribution in [2.75, 3.05) is 6.61 Å². The Hall–Kier alpha value is -2.29. The molecular formula is C21H25NO2. The normalized spacial score (nSPS) is 11.0. The van der Waals surface area contributed by atoms with Gasteiger partial charge in [0.15, 0.2) is 0 Å². The zero-order valence-corrected chi connectivity index (χ0v) is 14.3. The second-order valence-electron chi connectivity index (χ2n) is 6.31. The van der Waals surface area contributed by atoms with Crippen LogP contribution in [0.3, 0.4) is 0 Å². The standard InChI is InChI=1S/C21H25NO2/c1-17-15-21(24-22-17)11-5-3-2-4-8-14-23-20-13-12-18-9-6-7-10-19(18)16-20/h6-7,9-10,12-13,15-16H,2-5,8,11,14H2,1H3. The monoisotopic (exact) mass is 323 g/mol. The summed E-state index contributed by atoms with van der Waals surface area (Å²) < 4.78 is 11.1. The van der Waals surface area contributed by atoms with Gasteiger partial charge in [0, 0.05) is 12.5 Å². The first-order valence-corrected chi connectivity index (χ1v) is 8.85. The van der Waals surface area contributed by atoms with Crippen LogP contribution in [0.1, 0.15) is 43.6 Å². The molecule has 0 atom stereocenters. The number of unbranched alkanes of at least 4 members (excludes halogenated alkanes) is 4. The molecule has 0 amide bonds. The Bertz CT molecular complexity index is 763. The molecule has 126 valence electrons. The molecule has 0 saturated heterocycles. The van der Waals surface area contributed by atoms with Gasteiger partial charge >= 0.3 is 0 Å². The molecule has 0 spiro atoms. The van der Waals surface area contributed by atoms with Crippen molar-refractivity contribution in [1.29, 1.82) is 0 Å². The average molecular weight is 323 g/mol. The molecule has 2 aromatic carbocycles. The molecule has 1 heterocycles. The van der Waals surface area contributed by atoms with Crippen molar-refractivity contribution in [3.05, 3.63) is 60.0 Å². The Morgan fingerprint density at radius 3 is 2.50 bits per heavy atom. The molecule has 0 radical (unpaired) electrons. The third kappa shape index (κ3) is 4.85. The minimum atomic E-state index is 0.791. The lowest BCUT2D eigenvalue weighted by atomic mass is 10.1. The van der Waals surface area contributed by atoms with E-state index in [0.29, 0.717) is 0 Å². The molecule has 24 heavy (non-hydrogen) atoms. The van der Waals surface area contributed by atoms with Gasteiger partial charge in [0.25, 0.3) is 0 Å². The van der Waals surface area contributed by atoms with Gasteiger partial charge in [0.1, 0.15) is 11.5 Å². The lowest BCUT2D eigenvalue weighted by Crippen LogP contribution is -1.97. The minimum absolute atomic E-state index is 0.791. The summed E-state index contributed by atoms with van der Waals surface area (Å²) in [5.74, 6) is 1.97. The van der Waals surface area contributed by atoms with E-state index < -0.39 is 0 Å². The molecule has 0 N–H and O–H groups in total. The van der Waals surface area contributed by atoms with Gasteiger partial charge < -0.3 is 9.26 Å². The van der Waals surface area contributed by atoms with Crippen molar-refractivity contribution >= 4 is 10.8 Å². The van der Waals surface area contributed by atoms with Crippen molar-refractivity contribution in [2.45, 2.75) is 45.4 Å². The molecular weight excluding hydrogens is 298 g/mol. The van der Waals surface area contributed by atoms with Crippen LogP contribution in [0.15, 0.2) is 53.1 Å². The summed E-state index contributed by atoms with van der Waals surface area (Å²) in [6, 6.07) is 16.7. The van der Waals surface area contributed by atoms with Gasteiger partial charge in [-0.25, -0.2) is 0 Å². The number of aromatic nitrogens is 1. The summed E-state index contributed by atoms with van der Waals surface area (Å²) >= 11 is 0. The molecule has 3 aromatic rings. The molecule has 0 aliphatic carbocycles. The molecule has 3 rings (SSSR count). The van der Waals surface area contributed by atoms with Gasteiger partial charge in [-0.3, -0.25) is 0 Å².